The van der Waals surface area contributed by atoms with Crippen LogP contribution in [0.25, 0.3) is 20.5 Å². The SMILES string of the molecule is CC(C)(C)OC(=O)N1CCC[C@H](Nc2ncc(C#N)c3cc(-c4cccc(F)c4)sc23)C1. The number of nitriles is 1. The van der Waals surface area contributed by atoms with Crippen molar-refractivity contribution in [3.8, 4) is 16.5 Å². The second-order valence-corrected chi connectivity index (χ2v) is 9.96. The molecule has 1 aliphatic rings. The largest absolute Gasteiger partial charge is 0.444 e. The van der Waals surface area contributed by atoms with Gasteiger partial charge in [-0.1, -0.05) is 12.1 Å². The first-order valence-electron chi connectivity index (χ1n) is 10.6. The number of halogens is 1. The van der Waals surface area contributed by atoms with E-state index in [2.05, 4.69) is 16.4 Å². The smallest absolute Gasteiger partial charge is 0.410 e. The summed E-state index contributed by atoms with van der Waals surface area (Å²) in [6.07, 6.45) is 2.99. The van der Waals surface area contributed by atoms with E-state index in [1.165, 1.54) is 23.5 Å². The first-order chi connectivity index (χ1) is 15.2. The number of ether oxygens (including phenoxy) is 1. The molecular formula is C24H25FN4O2S. The molecule has 3 heterocycles. The second-order valence-electron chi connectivity index (χ2n) is 8.91. The molecule has 1 amide bonds. The number of hydrogen-bond donors (Lipinski definition) is 1. The molecule has 0 saturated carbocycles. The molecule has 0 aliphatic carbocycles. The number of nitrogens with zero attached hydrogens (tertiary/aromatic N) is 3. The predicted octanol–water partition coefficient (Wildman–Crippen LogP) is 5.79. The average molecular weight is 453 g/mol. The molecule has 1 fully saturated rings. The maximum Gasteiger partial charge on any atom is 0.410 e. The number of pyridine rings is 1. The Labute approximate surface area is 190 Å². The molecule has 1 aliphatic heterocycles. The van der Waals surface area contributed by atoms with E-state index in [-0.39, 0.29) is 18.0 Å². The fraction of sp³-hybridized carbons (Fsp3) is 0.375. The summed E-state index contributed by atoms with van der Waals surface area (Å²) in [6.45, 7) is 6.74. The molecule has 1 atom stereocenters. The third-order valence-corrected chi connectivity index (χ3v) is 6.39. The monoisotopic (exact) mass is 452 g/mol. The highest BCUT2D eigenvalue weighted by Gasteiger charge is 2.28. The van der Waals surface area contributed by atoms with Crippen molar-refractivity contribution >= 4 is 33.3 Å². The number of thiophene rings is 1. The lowest BCUT2D eigenvalue weighted by molar-refractivity contribution is 0.0206. The molecule has 3 aromatic rings. The van der Waals surface area contributed by atoms with Crippen molar-refractivity contribution in [3.63, 3.8) is 0 Å². The summed E-state index contributed by atoms with van der Waals surface area (Å²) >= 11 is 1.47. The molecule has 4 rings (SSSR count). The van der Waals surface area contributed by atoms with Gasteiger partial charge >= 0.3 is 6.09 Å². The molecule has 8 heteroatoms. The van der Waals surface area contributed by atoms with Gasteiger partial charge in [0.25, 0.3) is 0 Å². The molecule has 1 saturated heterocycles. The summed E-state index contributed by atoms with van der Waals surface area (Å²) in [5.41, 5.74) is 0.695. The quantitative estimate of drug-likeness (QED) is 0.545. The Hall–Kier alpha value is -3.18. The van der Waals surface area contributed by atoms with Crippen LogP contribution < -0.4 is 5.32 Å². The minimum Gasteiger partial charge on any atom is -0.444 e. The first-order valence-corrected chi connectivity index (χ1v) is 11.4. The van der Waals surface area contributed by atoms with E-state index in [1.54, 1.807) is 17.2 Å². The van der Waals surface area contributed by atoms with Crippen molar-refractivity contribution in [2.24, 2.45) is 0 Å². The van der Waals surface area contributed by atoms with Gasteiger partial charge in [-0.2, -0.15) is 5.26 Å². The highest BCUT2D eigenvalue weighted by Crippen LogP contribution is 2.38. The molecular weight excluding hydrogens is 427 g/mol. The third-order valence-electron chi connectivity index (χ3n) is 5.20. The van der Waals surface area contributed by atoms with Crippen LogP contribution in [0.3, 0.4) is 0 Å². The topological polar surface area (TPSA) is 78.2 Å². The maximum absolute atomic E-state index is 13.7. The number of nitrogens with one attached hydrogen (secondary N) is 1. The average Bonchev–Trinajstić information content (AvgIpc) is 3.19. The Kier molecular flexibility index (Phi) is 6.02. The molecule has 32 heavy (non-hydrogen) atoms. The third kappa shape index (κ3) is 4.83. The van der Waals surface area contributed by atoms with Crippen LogP contribution >= 0.6 is 11.3 Å². The summed E-state index contributed by atoms with van der Waals surface area (Å²) in [4.78, 5) is 19.6. The van der Waals surface area contributed by atoms with Gasteiger partial charge in [-0.15, -0.1) is 11.3 Å². The van der Waals surface area contributed by atoms with Gasteiger partial charge in [0.15, 0.2) is 0 Å². The number of amides is 1. The Morgan fingerprint density at radius 1 is 1.38 bits per heavy atom. The Morgan fingerprint density at radius 3 is 2.91 bits per heavy atom. The van der Waals surface area contributed by atoms with E-state index in [0.717, 1.165) is 33.4 Å². The highest BCUT2D eigenvalue weighted by molar-refractivity contribution is 7.22. The van der Waals surface area contributed by atoms with Gasteiger partial charge in [-0.05, 0) is 57.4 Å². The Balaban J connectivity index is 1.60. The standard InChI is InChI=1S/C24H25FN4O2S/c1-24(2,3)31-23(30)29-9-5-8-18(14-29)28-22-21-19(16(12-26)13-27-22)11-20(32-21)15-6-4-7-17(25)10-15/h4,6-7,10-11,13,18H,5,8-9,14H2,1-3H3,(H,27,28)/t18-/m0/s1. The summed E-state index contributed by atoms with van der Waals surface area (Å²) in [5.74, 6) is 0.365. The molecule has 6 nitrogen and oxygen atoms in total. The number of carbonyl (C=O) groups excluding carboxylic acids is 1. The minimum atomic E-state index is -0.539. The summed E-state index contributed by atoms with van der Waals surface area (Å²) in [7, 11) is 0. The molecule has 166 valence electrons. The van der Waals surface area contributed by atoms with Crippen LogP contribution in [0.5, 0.6) is 0 Å². The minimum absolute atomic E-state index is 0.0135. The fourth-order valence-electron chi connectivity index (χ4n) is 3.78. The molecule has 1 N–H and O–H groups in total. The number of carbonyl (C=O) groups is 1. The van der Waals surface area contributed by atoms with Crippen LogP contribution in [-0.2, 0) is 4.74 Å². The van der Waals surface area contributed by atoms with Gasteiger partial charge < -0.3 is 15.0 Å². The lowest BCUT2D eigenvalue weighted by Crippen LogP contribution is -2.47. The number of aromatic nitrogens is 1. The van der Waals surface area contributed by atoms with E-state index >= 15 is 0 Å². The number of anilines is 1. The zero-order valence-corrected chi connectivity index (χ0v) is 19.1. The van der Waals surface area contributed by atoms with Crippen LogP contribution in [0, 0.1) is 17.1 Å². The van der Waals surface area contributed by atoms with E-state index in [1.807, 2.05) is 32.9 Å². The van der Waals surface area contributed by atoms with Crippen LogP contribution in [0.15, 0.2) is 36.5 Å². The molecule has 0 bridgehead atoms. The van der Waals surface area contributed by atoms with Gasteiger partial charge in [-0.3, -0.25) is 0 Å². The number of benzene rings is 1. The van der Waals surface area contributed by atoms with Crippen molar-refractivity contribution < 1.29 is 13.9 Å². The van der Waals surface area contributed by atoms with E-state index in [4.69, 9.17) is 4.74 Å². The van der Waals surface area contributed by atoms with E-state index < -0.39 is 5.60 Å². The lowest BCUT2D eigenvalue weighted by atomic mass is 10.1. The van der Waals surface area contributed by atoms with Crippen LogP contribution in [0.2, 0.25) is 0 Å². The number of rotatable bonds is 3. The molecule has 1 aromatic carbocycles. The fourth-order valence-corrected chi connectivity index (χ4v) is 4.91. The summed E-state index contributed by atoms with van der Waals surface area (Å²) in [6, 6.07) is 10.5. The van der Waals surface area contributed by atoms with Gasteiger partial charge in [0.2, 0.25) is 0 Å². The zero-order valence-electron chi connectivity index (χ0n) is 18.3. The maximum atomic E-state index is 13.7. The summed E-state index contributed by atoms with van der Waals surface area (Å²) < 4.78 is 20.1. The van der Waals surface area contributed by atoms with Gasteiger partial charge in [0.05, 0.1) is 10.3 Å². The Morgan fingerprint density at radius 2 is 2.19 bits per heavy atom. The predicted molar refractivity (Wildman–Crippen MR) is 124 cm³/mol. The van der Waals surface area contributed by atoms with Crippen LogP contribution in [0.1, 0.15) is 39.2 Å². The second kappa shape index (κ2) is 8.75. The molecule has 0 unspecified atom stereocenters. The van der Waals surface area contributed by atoms with Gasteiger partial charge in [0, 0.05) is 35.6 Å². The van der Waals surface area contributed by atoms with Crippen LogP contribution in [0.4, 0.5) is 15.0 Å². The number of piperidine rings is 1. The molecule has 0 radical (unpaired) electrons. The molecule has 0 spiro atoms. The Bertz CT molecular complexity index is 1190. The zero-order chi connectivity index (χ0) is 22.9. The highest BCUT2D eigenvalue weighted by atomic mass is 32.1. The van der Waals surface area contributed by atoms with E-state index in [9.17, 15) is 14.4 Å². The van der Waals surface area contributed by atoms with Gasteiger partial charge in [0.1, 0.15) is 23.3 Å². The van der Waals surface area contributed by atoms with Crippen molar-refractivity contribution in [2.45, 2.75) is 45.3 Å². The summed E-state index contributed by atoms with van der Waals surface area (Å²) in [5, 5.41) is 13.8. The van der Waals surface area contributed by atoms with Crippen molar-refractivity contribution in [3.05, 3.63) is 47.9 Å². The number of hydrogen-bond acceptors (Lipinski definition) is 6. The van der Waals surface area contributed by atoms with E-state index in [0.29, 0.717) is 24.5 Å². The van der Waals surface area contributed by atoms with Crippen molar-refractivity contribution in [2.75, 3.05) is 18.4 Å². The van der Waals surface area contributed by atoms with Crippen molar-refractivity contribution in [1.82, 2.24) is 9.88 Å². The normalized spacial score (nSPS) is 16.6. The van der Waals surface area contributed by atoms with Gasteiger partial charge in [-0.25, -0.2) is 14.2 Å². The number of fused-ring (bicyclic) bond motifs is 1. The molecule has 2 aromatic heterocycles. The number of likely N-dealkylation sites (tertiary alicyclic amines) is 1. The first kappa shape index (κ1) is 22.0. The lowest BCUT2D eigenvalue weighted by Gasteiger charge is -2.34. The van der Waals surface area contributed by atoms with Crippen molar-refractivity contribution in [1.29, 1.82) is 5.26 Å². The van der Waals surface area contributed by atoms with Crippen LogP contribution in [-0.4, -0.2) is 40.7 Å².